The van der Waals surface area contributed by atoms with Crippen molar-refractivity contribution in [2.75, 3.05) is 0 Å². The van der Waals surface area contributed by atoms with Crippen LogP contribution < -0.4 is 5.73 Å². The summed E-state index contributed by atoms with van der Waals surface area (Å²) in [5.74, 6) is -0.491. The fraction of sp³-hybridized carbons (Fsp3) is 0.364. The quantitative estimate of drug-likeness (QED) is 0.782. The smallest absolute Gasteiger partial charge is 0.224 e. The van der Waals surface area contributed by atoms with Crippen LogP contribution in [0.1, 0.15) is 29.0 Å². The van der Waals surface area contributed by atoms with E-state index in [0.29, 0.717) is 0 Å². The van der Waals surface area contributed by atoms with E-state index >= 15 is 0 Å². The molecule has 1 aromatic carbocycles. The molecule has 1 aromatic rings. The van der Waals surface area contributed by atoms with E-state index in [1.54, 1.807) is 6.07 Å². The highest BCUT2D eigenvalue weighted by Gasteiger charge is 2.26. The summed E-state index contributed by atoms with van der Waals surface area (Å²) >= 11 is -2.07. The first-order valence-corrected chi connectivity index (χ1v) is 6.29. The predicted octanol–water partition coefficient (Wildman–Crippen LogP) is 0.581. The third-order valence-electron chi connectivity index (χ3n) is 2.91. The molecule has 16 heavy (non-hydrogen) atoms. The third-order valence-corrected chi connectivity index (χ3v) is 3.48. The topological polar surface area (TPSA) is 83.2 Å². The van der Waals surface area contributed by atoms with Gasteiger partial charge in [0.1, 0.15) is 0 Å². The molecular formula is C11H12NO3S-. The molecular weight excluding hydrogens is 226 g/mol. The van der Waals surface area contributed by atoms with Gasteiger partial charge in [0.05, 0.1) is 5.92 Å². The van der Waals surface area contributed by atoms with E-state index in [9.17, 15) is 13.6 Å². The lowest BCUT2D eigenvalue weighted by atomic mass is 10.00. The van der Waals surface area contributed by atoms with Crippen molar-refractivity contribution in [3.63, 3.8) is 0 Å². The molecule has 4 nitrogen and oxygen atoms in total. The first kappa shape index (κ1) is 11.3. The zero-order valence-corrected chi connectivity index (χ0v) is 9.46. The molecule has 0 aromatic heterocycles. The predicted molar refractivity (Wildman–Crippen MR) is 59.3 cm³/mol. The van der Waals surface area contributed by atoms with Gasteiger partial charge >= 0.3 is 0 Å². The maximum Gasteiger partial charge on any atom is 0.224 e. The molecule has 0 fully saturated rings. The van der Waals surface area contributed by atoms with Crippen LogP contribution >= 0.6 is 0 Å². The van der Waals surface area contributed by atoms with E-state index in [1.165, 1.54) is 0 Å². The fourth-order valence-corrected chi connectivity index (χ4v) is 2.64. The standard InChI is InChI=1S/C11H13NO3S/c12-11(13)10-4-2-8-5-7(6-16(14)15)1-3-9(8)10/h1,3,5,10H,2,4,6H2,(H2,12,13)(H,14,15)/p-1. The first-order chi connectivity index (χ1) is 7.58. The van der Waals surface area contributed by atoms with Crippen LogP contribution in [0, 0.1) is 0 Å². The summed E-state index contributed by atoms with van der Waals surface area (Å²) in [6, 6.07) is 5.42. The molecule has 0 bridgehead atoms. The Kier molecular flexibility index (Phi) is 3.07. The molecule has 0 radical (unpaired) electrons. The second-order valence-corrected chi connectivity index (χ2v) is 4.87. The highest BCUT2D eigenvalue weighted by molar-refractivity contribution is 7.78. The van der Waals surface area contributed by atoms with Gasteiger partial charge in [-0.3, -0.25) is 9.00 Å². The molecule has 1 aliphatic rings. The molecule has 2 N–H and O–H groups in total. The number of nitrogens with two attached hydrogens (primary N) is 1. The summed E-state index contributed by atoms with van der Waals surface area (Å²) in [6.07, 6.45) is 1.52. The van der Waals surface area contributed by atoms with Gasteiger partial charge in [0.15, 0.2) is 0 Å². The van der Waals surface area contributed by atoms with Crippen molar-refractivity contribution in [2.24, 2.45) is 5.73 Å². The first-order valence-electron chi connectivity index (χ1n) is 5.05. The minimum atomic E-state index is -2.07. The Labute approximate surface area is 96.1 Å². The van der Waals surface area contributed by atoms with Crippen LogP contribution in [0.15, 0.2) is 18.2 Å². The monoisotopic (exact) mass is 238 g/mol. The van der Waals surface area contributed by atoms with Crippen LogP contribution in [0.5, 0.6) is 0 Å². The zero-order chi connectivity index (χ0) is 11.7. The van der Waals surface area contributed by atoms with Crippen LogP contribution in [0.25, 0.3) is 0 Å². The summed E-state index contributed by atoms with van der Waals surface area (Å²) in [5, 5.41) is 0. The van der Waals surface area contributed by atoms with Crippen molar-refractivity contribution < 1.29 is 13.6 Å². The highest BCUT2D eigenvalue weighted by Crippen LogP contribution is 2.33. The van der Waals surface area contributed by atoms with Crippen molar-refractivity contribution in [2.45, 2.75) is 24.5 Å². The lowest BCUT2D eigenvalue weighted by Crippen LogP contribution is -2.19. The molecule has 1 aliphatic carbocycles. The molecule has 2 rings (SSSR count). The summed E-state index contributed by atoms with van der Waals surface area (Å²) in [7, 11) is 0. The van der Waals surface area contributed by atoms with Gasteiger partial charge in [-0.1, -0.05) is 29.3 Å². The number of hydrogen-bond donors (Lipinski definition) is 1. The van der Waals surface area contributed by atoms with Crippen LogP contribution in [0.4, 0.5) is 0 Å². The van der Waals surface area contributed by atoms with Gasteiger partial charge in [-0.15, -0.1) is 0 Å². The zero-order valence-electron chi connectivity index (χ0n) is 8.64. The van der Waals surface area contributed by atoms with Gasteiger partial charge < -0.3 is 10.3 Å². The minimum Gasteiger partial charge on any atom is -0.772 e. The Morgan fingerprint density at radius 1 is 1.56 bits per heavy atom. The summed E-state index contributed by atoms with van der Waals surface area (Å²) in [5.41, 5.74) is 8.05. The van der Waals surface area contributed by atoms with Gasteiger partial charge in [-0.25, -0.2) is 0 Å². The van der Waals surface area contributed by atoms with Crippen LogP contribution in [0.3, 0.4) is 0 Å². The van der Waals surface area contributed by atoms with E-state index < -0.39 is 11.1 Å². The third kappa shape index (κ3) is 2.15. The number of hydrogen-bond acceptors (Lipinski definition) is 3. The average molecular weight is 238 g/mol. The normalized spacial score (nSPS) is 20.4. The Balaban J connectivity index is 2.29. The number of carbonyl (C=O) groups excluding carboxylic acids is 1. The average Bonchev–Trinajstić information content (AvgIpc) is 2.59. The number of amides is 1. The number of fused-ring (bicyclic) bond motifs is 1. The van der Waals surface area contributed by atoms with Gasteiger partial charge in [0, 0.05) is 5.75 Å². The lowest BCUT2D eigenvalue weighted by Gasteiger charge is -2.09. The molecule has 2 atom stereocenters. The molecule has 86 valence electrons. The number of carbonyl (C=O) groups is 1. The molecule has 0 heterocycles. The molecule has 0 saturated heterocycles. The van der Waals surface area contributed by atoms with E-state index in [-0.39, 0.29) is 17.6 Å². The fourth-order valence-electron chi connectivity index (χ4n) is 2.19. The molecule has 0 spiro atoms. The highest BCUT2D eigenvalue weighted by atomic mass is 32.2. The van der Waals surface area contributed by atoms with Gasteiger partial charge in [0.2, 0.25) is 5.91 Å². The second-order valence-electron chi connectivity index (χ2n) is 3.97. The Morgan fingerprint density at radius 3 is 2.94 bits per heavy atom. The lowest BCUT2D eigenvalue weighted by molar-refractivity contribution is -0.119. The molecule has 5 heteroatoms. The van der Waals surface area contributed by atoms with Crippen molar-refractivity contribution in [3.8, 4) is 0 Å². The van der Waals surface area contributed by atoms with Crippen molar-refractivity contribution in [1.82, 2.24) is 0 Å². The summed E-state index contributed by atoms with van der Waals surface area (Å²) in [6.45, 7) is 0. The maximum absolute atomic E-state index is 11.2. The van der Waals surface area contributed by atoms with Crippen LogP contribution in [-0.4, -0.2) is 14.7 Å². The number of rotatable bonds is 3. The Hall–Kier alpha value is -1.20. The van der Waals surface area contributed by atoms with Crippen molar-refractivity contribution in [3.05, 3.63) is 34.9 Å². The largest absolute Gasteiger partial charge is 0.772 e. The van der Waals surface area contributed by atoms with Crippen LogP contribution in [-0.2, 0) is 28.0 Å². The van der Waals surface area contributed by atoms with Gasteiger partial charge in [-0.2, -0.15) is 0 Å². The van der Waals surface area contributed by atoms with Crippen LogP contribution in [0.2, 0.25) is 0 Å². The number of benzene rings is 1. The SMILES string of the molecule is NC(=O)C1CCc2cc(CS(=O)[O-])ccc21. The van der Waals surface area contributed by atoms with Gasteiger partial charge in [0.25, 0.3) is 0 Å². The molecule has 2 unspecified atom stereocenters. The second kappa shape index (κ2) is 4.35. The van der Waals surface area contributed by atoms with E-state index in [4.69, 9.17) is 5.73 Å². The molecule has 0 saturated carbocycles. The minimum absolute atomic E-state index is 0.0223. The van der Waals surface area contributed by atoms with Crippen molar-refractivity contribution >= 4 is 17.0 Å². The Morgan fingerprint density at radius 2 is 2.31 bits per heavy atom. The summed E-state index contributed by atoms with van der Waals surface area (Å²) in [4.78, 5) is 11.2. The molecule has 1 amide bonds. The summed E-state index contributed by atoms with van der Waals surface area (Å²) < 4.78 is 21.1. The van der Waals surface area contributed by atoms with E-state index in [0.717, 1.165) is 29.5 Å². The number of aryl methyl sites for hydroxylation is 1. The van der Waals surface area contributed by atoms with E-state index in [2.05, 4.69) is 0 Å². The van der Waals surface area contributed by atoms with Gasteiger partial charge in [-0.05, 0) is 29.5 Å². The maximum atomic E-state index is 11.2. The number of primary amides is 1. The Bertz CT molecular complexity index is 459. The van der Waals surface area contributed by atoms with E-state index in [1.807, 2.05) is 12.1 Å². The van der Waals surface area contributed by atoms with Crippen molar-refractivity contribution in [1.29, 1.82) is 0 Å². The molecule has 0 aliphatic heterocycles.